The van der Waals surface area contributed by atoms with E-state index in [9.17, 15) is 21.2 Å². The van der Waals surface area contributed by atoms with Crippen LogP contribution >= 0.6 is 11.6 Å². The van der Waals surface area contributed by atoms with Crippen LogP contribution < -0.4 is 4.74 Å². The summed E-state index contributed by atoms with van der Waals surface area (Å²) < 4.78 is 99.7. The van der Waals surface area contributed by atoms with Crippen molar-refractivity contribution in [1.82, 2.24) is 4.90 Å². The van der Waals surface area contributed by atoms with Gasteiger partial charge in [-0.25, -0.2) is 25.6 Å². The molecule has 0 spiro atoms. The Kier molecular flexibility index (Phi) is 8.25. The Morgan fingerprint density at radius 3 is 2.36 bits per heavy atom. The molecule has 5 rings (SSSR count). The van der Waals surface area contributed by atoms with E-state index in [4.69, 9.17) is 25.8 Å². The third-order valence-electron chi connectivity index (χ3n) is 7.88. The minimum absolute atomic E-state index is 0.0103. The summed E-state index contributed by atoms with van der Waals surface area (Å²) in [6, 6.07) is 7.28. The van der Waals surface area contributed by atoms with Crippen LogP contribution in [-0.4, -0.2) is 85.4 Å². The summed E-state index contributed by atoms with van der Waals surface area (Å²) in [6.07, 6.45) is -1.04. The first-order valence-electron chi connectivity index (χ1n) is 12.8. The predicted molar refractivity (Wildman–Crippen MR) is 141 cm³/mol. The standard InChI is InChI=1S/C26H30ClF2NO7S2/c27-18-1-3-19(4-2-18)39(33,34)26-8-12-36-23(7-15-38(31,32)16-11-30-9-13-35-14-10-30)20(26)17-37-25-22(29)6-5-21(28)24(25)26/h1-6,20,23H,7-17H2/t20-,23-,26-/m0/s1. The highest BCUT2D eigenvalue weighted by atomic mass is 35.5. The van der Waals surface area contributed by atoms with Crippen LogP contribution in [0.15, 0.2) is 41.3 Å². The molecular weight excluding hydrogens is 576 g/mol. The molecule has 0 unspecified atom stereocenters. The summed E-state index contributed by atoms with van der Waals surface area (Å²) in [5, 5.41) is 0.319. The van der Waals surface area contributed by atoms with Crippen LogP contribution in [0, 0.1) is 17.6 Å². The van der Waals surface area contributed by atoms with Gasteiger partial charge >= 0.3 is 0 Å². The van der Waals surface area contributed by atoms with Crippen molar-refractivity contribution in [1.29, 1.82) is 0 Å². The average Bonchev–Trinajstić information content (AvgIpc) is 2.93. The maximum absolute atomic E-state index is 15.5. The van der Waals surface area contributed by atoms with Crippen molar-refractivity contribution in [3.8, 4) is 5.75 Å². The van der Waals surface area contributed by atoms with Crippen LogP contribution in [0.3, 0.4) is 0 Å². The lowest BCUT2D eigenvalue weighted by Gasteiger charge is -2.50. The molecule has 2 fully saturated rings. The molecule has 0 amide bonds. The topological polar surface area (TPSA) is 99.2 Å². The molecule has 3 aliphatic heterocycles. The van der Waals surface area contributed by atoms with Crippen molar-refractivity contribution in [3.05, 3.63) is 58.6 Å². The van der Waals surface area contributed by atoms with Crippen LogP contribution in [0.4, 0.5) is 8.78 Å². The number of morpholine rings is 1. The Morgan fingerprint density at radius 2 is 1.64 bits per heavy atom. The quantitative estimate of drug-likeness (QED) is 0.452. The molecule has 0 radical (unpaired) electrons. The summed E-state index contributed by atoms with van der Waals surface area (Å²) in [5.41, 5.74) is -0.378. The van der Waals surface area contributed by atoms with Crippen LogP contribution in [0.5, 0.6) is 5.75 Å². The molecule has 3 atom stereocenters. The first-order valence-corrected chi connectivity index (χ1v) is 16.5. The Balaban J connectivity index is 1.48. The minimum Gasteiger partial charge on any atom is -0.490 e. The molecule has 0 aliphatic carbocycles. The number of benzene rings is 2. The summed E-state index contributed by atoms with van der Waals surface area (Å²) in [4.78, 5) is 1.91. The largest absolute Gasteiger partial charge is 0.490 e. The van der Waals surface area contributed by atoms with Gasteiger partial charge in [-0.3, -0.25) is 4.90 Å². The second-order valence-corrected chi connectivity index (χ2v) is 15.0. The number of nitrogens with zero attached hydrogens (tertiary/aromatic N) is 1. The fraction of sp³-hybridized carbons (Fsp3) is 0.538. The summed E-state index contributed by atoms with van der Waals surface area (Å²) in [5.74, 6) is -3.50. The number of hydrogen-bond donors (Lipinski definition) is 0. The van der Waals surface area contributed by atoms with Crippen molar-refractivity contribution in [2.45, 2.75) is 28.6 Å². The third kappa shape index (κ3) is 5.43. The van der Waals surface area contributed by atoms with E-state index < -0.39 is 53.8 Å². The zero-order valence-electron chi connectivity index (χ0n) is 21.2. The van der Waals surface area contributed by atoms with Crippen LogP contribution in [0.25, 0.3) is 0 Å². The molecule has 0 aromatic heterocycles. The van der Waals surface area contributed by atoms with E-state index in [1.54, 1.807) is 0 Å². The van der Waals surface area contributed by atoms with Crippen LogP contribution in [0.1, 0.15) is 18.4 Å². The SMILES string of the molecule is O=S(=O)(CC[C@@H]1OCC[C@@]2(S(=O)(=O)c3ccc(Cl)cc3)c3c(F)ccc(F)c3OC[C@@H]12)CCN1CCOCC1. The molecule has 39 heavy (non-hydrogen) atoms. The van der Waals surface area contributed by atoms with Gasteiger partial charge in [-0.1, -0.05) is 11.6 Å². The number of sulfone groups is 2. The van der Waals surface area contributed by atoms with Gasteiger partial charge in [-0.2, -0.15) is 0 Å². The number of fused-ring (bicyclic) bond motifs is 3. The van der Waals surface area contributed by atoms with Crippen LogP contribution in [-0.2, 0) is 33.9 Å². The van der Waals surface area contributed by atoms with E-state index in [0.717, 1.165) is 12.1 Å². The molecule has 3 heterocycles. The Hall–Kier alpha value is -1.83. The third-order valence-corrected chi connectivity index (χ3v) is 12.4. The normalized spacial score (nSPS) is 25.9. The molecule has 2 aromatic carbocycles. The Labute approximate surface area is 232 Å². The number of ether oxygens (including phenoxy) is 3. The molecule has 0 N–H and O–H groups in total. The van der Waals surface area contributed by atoms with Crippen molar-refractivity contribution >= 4 is 31.3 Å². The van der Waals surface area contributed by atoms with Crippen LogP contribution in [0.2, 0.25) is 5.02 Å². The highest BCUT2D eigenvalue weighted by Crippen LogP contribution is 2.55. The molecular formula is C26H30ClF2NO7S2. The maximum Gasteiger partial charge on any atom is 0.189 e. The molecule has 0 saturated carbocycles. The second kappa shape index (κ2) is 11.2. The lowest BCUT2D eigenvalue weighted by Crippen LogP contribution is -2.57. The fourth-order valence-electron chi connectivity index (χ4n) is 5.83. The molecule has 8 nitrogen and oxygen atoms in total. The van der Waals surface area contributed by atoms with Crippen molar-refractivity contribution in [2.24, 2.45) is 5.92 Å². The summed E-state index contributed by atoms with van der Waals surface area (Å²) in [7, 11) is -7.87. The van der Waals surface area contributed by atoms with Gasteiger partial charge in [0, 0.05) is 37.2 Å². The van der Waals surface area contributed by atoms with Crippen molar-refractivity contribution in [2.75, 3.05) is 57.6 Å². The first kappa shape index (κ1) is 28.7. The van der Waals surface area contributed by atoms with E-state index in [1.807, 2.05) is 4.90 Å². The van der Waals surface area contributed by atoms with Gasteiger partial charge in [-0.15, -0.1) is 0 Å². The van der Waals surface area contributed by atoms with Crippen molar-refractivity contribution < 1.29 is 39.8 Å². The fourth-order valence-corrected chi connectivity index (χ4v) is 9.63. The number of rotatable bonds is 8. The zero-order valence-corrected chi connectivity index (χ0v) is 23.5. The zero-order chi connectivity index (χ0) is 27.8. The van der Waals surface area contributed by atoms with E-state index in [2.05, 4.69) is 0 Å². The van der Waals surface area contributed by atoms with Gasteiger partial charge in [-0.05, 0) is 49.2 Å². The predicted octanol–water partition coefficient (Wildman–Crippen LogP) is 3.22. The molecule has 2 saturated heterocycles. The van der Waals surface area contributed by atoms with Gasteiger partial charge in [0.2, 0.25) is 0 Å². The minimum atomic E-state index is -4.36. The monoisotopic (exact) mass is 605 g/mol. The van der Waals surface area contributed by atoms with E-state index >= 15 is 4.39 Å². The van der Waals surface area contributed by atoms with E-state index in [0.29, 0.717) is 37.9 Å². The Bertz CT molecular complexity index is 1420. The van der Waals surface area contributed by atoms with Gasteiger partial charge < -0.3 is 14.2 Å². The average molecular weight is 606 g/mol. The highest BCUT2D eigenvalue weighted by molar-refractivity contribution is 7.92. The van der Waals surface area contributed by atoms with Gasteiger partial charge in [0.1, 0.15) is 10.6 Å². The van der Waals surface area contributed by atoms with E-state index in [1.165, 1.54) is 24.3 Å². The lowest BCUT2D eigenvalue weighted by atomic mass is 9.75. The van der Waals surface area contributed by atoms with Crippen molar-refractivity contribution in [3.63, 3.8) is 0 Å². The van der Waals surface area contributed by atoms with Gasteiger partial charge in [0.15, 0.2) is 31.2 Å². The van der Waals surface area contributed by atoms with Gasteiger partial charge in [0.05, 0.1) is 47.9 Å². The number of halogens is 3. The highest BCUT2D eigenvalue weighted by Gasteiger charge is 2.61. The first-order chi connectivity index (χ1) is 18.5. The Morgan fingerprint density at radius 1 is 0.949 bits per heavy atom. The molecule has 0 bridgehead atoms. The summed E-state index contributed by atoms with van der Waals surface area (Å²) in [6.45, 7) is 2.44. The lowest BCUT2D eigenvalue weighted by molar-refractivity contribution is -0.0732. The second-order valence-electron chi connectivity index (χ2n) is 10.1. The number of hydrogen-bond acceptors (Lipinski definition) is 8. The summed E-state index contributed by atoms with van der Waals surface area (Å²) >= 11 is 5.98. The van der Waals surface area contributed by atoms with E-state index in [-0.39, 0.29) is 48.0 Å². The smallest absolute Gasteiger partial charge is 0.189 e. The molecule has 3 aliphatic rings. The maximum atomic E-state index is 15.5. The van der Waals surface area contributed by atoms with Gasteiger partial charge in [0.25, 0.3) is 0 Å². The molecule has 13 heteroatoms. The molecule has 214 valence electrons. The molecule has 2 aromatic rings.